The average molecular weight is 573 g/mol. The van der Waals surface area contributed by atoms with Gasteiger partial charge in [0.15, 0.2) is 5.82 Å². The highest BCUT2D eigenvalue weighted by molar-refractivity contribution is 7.09. The fraction of sp³-hybridized carbons (Fsp3) is 0.636. The molecule has 0 spiro atoms. The zero-order chi connectivity index (χ0) is 27.4. The van der Waals surface area contributed by atoms with Gasteiger partial charge in [-0.2, -0.15) is 4.98 Å². The molecule has 8 heteroatoms. The van der Waals surface area contributed by atoms with E-state index in [1.807, 2.05) is 23.5 Å². The number of benzene rings is 1. The van der Waals surface area contributed by atoms with Crippen LogP contribution in [0.5, 0.6) is 0 Å². The van der Waals surface area contributed by atoms with Crippen LogP contribution in [-0.4, -0.2) is 40.8 Å². The van der Waals surface area contributed by atoms with Crippen molar-refractivity contribution >= 4 is 22.9 Å². The van der Waals surface area contributed by atoms with E-state index in [1.165, 1.54) is 42.8 Å². The number of rotatable bonds is 9. The van der Waals surface area contributed by atoms with E-state index in [0.29, 0.717) is 30.8 Å². The maximum atomic E-state index is 14.1. The molecular formula is C33H40N4O3S. The predicted molar refractivity (Wildman–Crippen MR) is 158 cm³/mol. The molecular weight excluding hydrogens is 532 g/mol. The van der Waals surface area contributed by atoms with Gasteiger partial charge in [-0.25, -0.2) is 4.98 Å². The van der Waals surface area contributed by atoms with Crippen LogP contribution in [0.1, 0.15) is 112 Å². The first-order valence-electron chi connectivity index (χ1n) is 15.9. The third-order valence-corrected chi connectivity index (χ3v) is 11.8. The first kappa shape index (κ1) is 26.1. The Labute approximate surface area is 246 Å². The second-order valence-electron chi connectivity index (χ2n) is 13.7. The highest BCUT2D eigenvalue weighted by Gasteiger charge is 2.52. The van der Waals surface area contributed by atoms with Crippen molar-refractivity contribution in [3.63, 3.8) is 0 Å². The van der Waals surface area contributed by atoms with Crippen LogP contribution >= 0.6 is 11.3 Å². The second kappa shape index (κ2) is 10.3. The van der Waals surface area contributed by atoms with E-state index in [1.54, 1.807) is 0 Å². The van der Waals surface area contributed by atoms with Crippen LogP contribution in [0.25, 0.3) is 11.5 Å². The summed E-state index contributed by atoms with van der Waals surface area (Å²) in [4.78, 5) is 26.0. The summed E-state index contributed by atoms with van der Waals surface area (Å²) in [5.74, 6) is 3.04. The summed E-state index contributed by atoms with van der Waals surface area (Å²) in [5.41, 5.74) is 3.60. The van der Waals surface area contributed by atoms with Gasteiger partial charge in [-0.15, -0.1) is 11.3 Å². The van der Waals surface area contributed by atoms with E-state index < -0.39 is 0 Å². The molecule has 2 bridgehead atoms. The van der Waals surface area contributed by atoms with Crippen molar-refractivity contribution in [3.8, 4) is 11.5 Å². The number of thiazole rings is 1. The Kier molecular flexibility index (Phi) is 6.55. The topological polar surface area (TPSA) is 81.4 Å². The van der Waals surface area contributed by atoms with Gasteiger partial charge >= 0.3 is 0 Å². The molecule has 9 rings (SSSR count). The Hall–Kier alpha value is -2.58. The molecule has 216 valence electrons. The molecule has 41 heavy (non-hydrogen) atoms. The van der Waals surface area contributed by atoms with Gasteiger partial charge < -0.3 is 14.2 Å². The molecule has 1 aliphatic heterocycles. The van der Waals surface area contributed by atoms with Crippen molar-refractivity contribution < 1.29 is 14.1 Å². The van der Waals surface area contributed by atoms with Gasteiger partial charge in [-0.1, -0.05) is 11.2 Å². The van der Waals surface area contributed by atoms with Crippen molar-refractivity contribution in [2.75, 3.05) is 24.7 Å². The summed E-state index contributed by atoms with van der Waals surface area (Å²) in [6.45, 7) is 2.28. The molecule has 7 nitrogen and oxygen atoms in total. The standard InChI is InChI=1S/C33H40N4O3S/c38-28(17-22-3-2-16-39-19-22)37(26-5-1-4-25(18-26)30-35-29(36-40-30)24-8-9-24)21-32-10-13-33(14-11-32,15-12-32)31-34-27(20-41-31)23-6-7-23/h1,4-5,18,20,22-24H,2-3,6-17,19,21H2. The van der Waals surface area contributed by atoms with Gasteiger partial charge in [-0.3, -0.25) is 4.79 Å². The zero-order valence-electron chi connectivity index (χ0n) is 23.9. The maximum absolute atomic E-state index is 14.1. The molecule has 0 N–H and O–H groups in total. The minimum Gasteiger partial charge on any atom is -0.381 e. The van der Waals surface area contributed by atoms with Crippen LogP contribution in [0.3, 0.4) is 0 Å². The van der Waals surface area contributed by atoms with Crippen LogP contribution in [0, 0.1) is 11.3 Å². The quantitative estimate of drug-likeness (QED) is 0.266. The van der Waals surface area contributed by atoms with E-state index >= 15 is 0 Å². The van der Waals surface area contributed by atoms with Crippen LogP contribution < -0.4 is 4.90 Å². The largest absolute Gasteiger partial charge is 0.381 e. The van der Waals surface area contributed by atoms with Gasteiger partial charge in [0.1, 0.15) is 0 Å². The fourth-order valence-corrected chi connectivity index (χ4v) is 8.76. The van der Waals surface area contributed by atoms with Gasteiger partial charge in [-0.05, 0) is 107 Å². The third-order valence-electron chi connectivity index (χ3n) is 10.7. The van der Waals surface area contributed by atoms with Gasteiger partial charge in [0.2, 0.25) is 5.91 Å². The third kappa shape index (κ3) is 5.16. The van der Waals surface area contributed by atoms with E-state index in [-0.39, 0.29) is 16.7 Å². The van der Waals surface area contributed by atoms with Crippen molar-refractivity contribution in [2.45, 2.75) is 101 Å². The Balaban J connectivity index is 1.04. The summed E-state index contributed by atoms with van der Waals surface area (Å²) in [6.07, 6.45) is 14.6. The lowest BCUT2D eigenvalue weighted by Gasteiger charge is -2.54. The molecule has 1 atom stereocenters. The molecule has 1 aromatic carbocycles. The SMILES string of the molecule is O=C(CC1CCCOC1)N(CC12CCC(c3nc(C4CC4)cs3)(CC1)CC2)c1cccc(-c2nc(C3CC3)no2)c1. The lowest BCUT2D eigenvalue weighted by molar-refractivity contribution is -0.121. The molecule has 3 heterocycles. The van der Waals surface area contributed by atoms with E-state index in [4.69, 9.17) is 14.2 Å². The maximum Gasteiger partial charge on any atom is 0.258 e. The smallest absolute Gasteiger partial charge is 0.258 e. The lowest BCUT2D eigenvalue weighted by atomic mass is 9.53. The number of amides is 1. The number of fused-ring (bicyclic) bond motifs is 3. The Morgan fingerprint density at radius 3 is 2.54 bits per heavy atom. The summed E-state index contributed by atoms with van der Waals surface area (Å²) < 4.78 is 11.4. The average Bonchev–Trinajstić information content (AvgIpc) is 3.96. The lowest BCUT2D eigenvalue weighted by Crippen LogP contribution is -2.51. The van der Waals surface area contributed by atoms with Crippen LogP contribution in [-0.2, 0) is 14.9 Å². The number of hydrogen-bond donors (Lipinski definition) is 0. The normalized spacial score (nSPS) is 29.5. The highest BCUT2D eigenvalue weighted by Crippen LogP contribution is 2.59. The minimum absolute atomic E-state index is 0.163. The fourth-order valence-electron chi connectivity index (χ4n) is 7.57. The summed E-state index contributed by atoms with van der Waals surface area (Å²) in [6, 6.07) is 8.21. The molecule has 1 saturated heterocycles. The first-order valence-corrected chi connectivity index (χ1v) is 16.7. The molecule has 1 unspecified atom stereocenters. The van der Waals surface area contributed by atoms with Crippen molar-refractivity contribution in [1.29, 1.82) is 0 Å². The number of nitrogens with zero attached hydrogens (tertiary/aromatic N) is 4. The van der Waals surface area contributed by atoms with Gasteiger partial charge in [0.25, 0.3) is 5.89 Å². The minimum atomic E-state index is 0.163. The van der Waals surface area contributed by atoms with Gasteiger partial charge in [0.05, 0.1) is 10.7 Å². The number of aromatic nitrogens is 3. The Morgan fingerprint density at radius 2 is 1.80 bits per heavy atom. The zero-order valence-corrected chi connectivity index (χ0v) is 24.7. The molecule has 5 aliphatic carbocycles. The van der Waals surface area contributed by atoms with Crippen molar-refractivity contribution in [2.24, 2.45) is 11.3 Å². The number of hydrogen-bond acceptors (Lipinski definition) is 7. The van der Waals surface area contributed by atoms with E-state index in [0.717, 1.165) is 81.1 Å². The first-order chi connectivity index (χ1) is 20.1. The van der Waals surface area contributed by atoms with Crippen LogP contribution in [0.15, 0.2) is 34.2 Å². The van der Waals surface area contributed by atoms with Crippen molar-refractivity contribution in [1.82, 2.24) is 15.1 Å². The molecule has 5 saturated carbocycles. The predicted octanol–water partition coefficient (Wildman–Crippen LogP) is 7.39. The van der Waals surface area contributed by atoms with E-state index in [2.05, 4.69) is 32.6 Å². The number of carbonyl (C=O) groups is 1. The molecule has 3 aromatic rings. The van der Waals surface area contributed by atoms with E-state index in [9.17, 15) is 4.79 Å². The summed E-state index contributed by atoms with van der Waals surface area (Å²) in [5, 5.41) is 7.94. The van der Waals surface area contributed by atoms with Crippen LogP contribution in [0.4, 0.5) is 5.69 Å². The number of ether oxygens (including phenoxy) is 1. The highest BCUT2D eigenvalue weighted by atomic mass is 32.1. The second-order valence-corrected chi connectivity index (χ2v) is 14.5. The molecule has 6 fully saturated rings. The Bertz CT molecular complexity index is 1390. The van der Waals surface area contributed by atoms with Gasteiger partial charge in [0, 0.05) is 60.1 Å². The number of carbonyl (C=O) groups excluding carboxylic acids is 1. The molecule has 0 radical (unpaired) electrons. The number of anilines is 1. The molecule has 6 aliphatic rings. The summed E-state index contributed by atoms with van der Waals surface area (Å²) >= 11 is 1.91. The molecule has 2 aromatic heterocycles. The van der Waals surface area contributed by atoms with Crippen LogP contribution in [0.2, 0.25) is 0 Å². The van der Waals surface area contributed by atoms with Crippen molar-refractivity contribution in [3.05, 3.63) is 46.2 Å². The summed E-state index contributed by atoms with van der Waals surface area (Å²) in [7, 11) is 0. The monoisotopic (exact) mass is 572 g/mol. The Morgan fingerprint density at radius 1 is 1.00 bits per heavy atom. The molecule has 1 amide bonds.